The predicted octanol–water partition coefficient (Wildman–Crippen LogP) is 7.25. The Morgan fingerprint density at radius 1 is 0.581 bits per heavy atom. The van der Waals surface area contributed by atoms with Crippen LogP contribution in [0, 0.1) is 5.82 Å². The van der Waals surface area contributed by atoms with Gasteiger partial charge in [0.25, 0.3) is 0 Å². The molecule has 5 rings (SSSR count). The van der Waals surface area contributed by atoms with Crippen molar-refractivity contribution in [3.8, 4) is 0 Å². The Hall–Kier alpha value is -3.80. The lowest BCUT2D eigenvalue weighted by molar-refractivity contribution is -0.137. The molecule has 4 aromatic rings. The largest absolute Gasteiger partial charge is 0.418 e. The van der Waals surface area contributed by atoms with Crippen molar-refractivity contribution in [1.82, 2.24) is 0 Å². The summed E-state index contributed by atoms with van der Waals surface area (Å²) in [5.74, 6) is -0.520. The third-order valence-corrected chi connectivity index (χ3v) is 5.17. The van der Waals surface area contributed by atoms with E-state index in [1.165, 1.54) is 30.3 Å². The summed E-state index contributed by atoms with van der Waals surface area (Å²) in [4.78, 5) is 8.91. The second-order valence-corrected chi connectivity index (χ2v) is 7.10. The Bertz CT molecular complexity index is 1380. The van der Waals surface area contributed by atoms with Gasteiger partial charge in [-0.3, -0.25) is 0 Å². The van der Waals surface area contributed by atoms with Gasteiger partial charge in [-0.25, -0.2) is 14.4 Å². The monoisotopic (exact) mass is 418 g/mol. The number of halogens is 4. The quantitative estimate of drug-likeness (QED) is 0.306. The van der Waals surface area contributed by atoms with Crippen molar-refractivity contribution >= 4 is 33.6 Å². The number of alkyl halides is 3. The molecule has 0 N–H and O–H groups in total. The molecule has 4 aromatic carbocycles. The number of benzene rings is 4. The minimum Gasteiger partial charge on any atom is -0.245 e. The van der Waals surface area contributed by atoms with Crippen LogP contribution in [0.5, 0.6) is 0 Å². The molecule has 1 aliphatic carbocycles. The molecule has 0 radical (unpaired) electrons. The molecule has 2 nitrogen and oxygen atoms in total. The van der Waals surface area contributed by atoms with E-state index < -0.39 is 17.6 Å². The highest BCUT2D eigenvalue weighted by atomic mass is 19.4. The molecule has 6 heteroatoms. The molecule has 0 heterocycles. The van der Waals surface area contributed by atoms with Gasteiger partial charge in [0.05, 0.1) is 28.4 Å². The summed E-state index contributed by atoms with van der Waals surface area (Å²) in [6.45, 7) is 0. The summed E-state index contributed by atoms with van der Waals surface area (Å²) in [5.41, 5.74) is 1.05. The molecule has 0 fully saturated rings. The molecule has 0 bridgehead atoms. The maximum Gasteiger partial charge on any atom is 0.418 e. The molecule has 0 amide bonds. The summed E-state index contributed by atoms with van der Waals surface area (Å²) in [6, 6.07) is 22.3. The first kappa shape index (κ1) is 19.2. The van der Waals surface area contributed by atoms with Crippen LogP contribution >= 0.6 is 0 Å². The fourth-order valence-corrected chi connectivity index (χ4v) is 3.81. The van der Waals surface area contributed by atoms with E-state index in [1.54, 1.807) is 18.2 Å². The van der Waals surface area contributed by atoms with Crippen LogP contribution in [0.15, 0.2) is 94.9 Å². The van der Waals surface area contributed by atoms with Gasteiger partial charge in [0.15, 0.2) is 0 Å². The van der Waals surface area contributed by atoms with E-state index in [2.05, 4.69) is 9.98 Å². The molecule has 0 unspecified atom stereocenters. The molecule has 0 spiro atoms. The fourth-order valence-electron chi connectivity index (χ4n) is 3.81. The molecule has 0 aromatic heterocycles. The van der Waals surface area contributed by atoms with Gasteiger partial charge in [-0.2, -0.15) is 13.2 Å². The lowest BCUT2D eigenvalue weighted by atomic mass is 10.1. The van der Waals surface area contributed by atoms with Crippen molar-refractivity contribution in [1.29, 1.82) is 0 Å². The van der Waals surface area contributed by atoms with Crippen LogP contribution in [-0.2, 0) is 6.18 Å². The molecule has 0 aliphatic heterocycles. The minimum absolute atomic E-state index is 0.0964. The van der Waals surface area contributed by atoms with Gasteiger partial charge in [0.1, 0.15) is 5.82 Å². The standard InChI is InChI=1S/C25H14F4N2/c26-19-12-2-4-14-21(19)31-24-17-10-6-8-15-7-5-9-16(22(15)17)23(24)30-20-13-3-1-11-18(20)25(27,28)29/h1-14H. The van der Waals surface area contributed by atoms with Gasteiger partial charge in [0, 0.05) is 16.5 Å². The van der Waals surface area contributed by atoms with Crippen LogP contribution < -0.4 is 0 Å². The first-order chi connectivity index (χ1) is 14.9. The maximum atomic E-state index is 14.3. The van der Waals surface area contributed by atoms with Crippen molar-refractivity contribution in [2.75, 3.05) is 0 Å². The van der Waals surface area contributed by atoms with Gasteiger partial charge in [-0.05, 0) is 29.7 Å². The SMILES string of the molecule is Fc1ccccc1N=C1C(=Nc2ccccc2C(F)(F)F)c2cccc3cccc1c23. The van der Waals surface area contributed by atoms with Crippen LogP contribution in [0.3, 0.4) is 0 Å². The molecular weight excluding hydrogens is 404 g/mol. The van der Waals surface area contributed by atoms with E-state index in [9.17, 15) is 17.6 Å². The van der Waals surface area contributed by atoms with Crippen LogP contribution in [0.4, 0.5) is 28.9 Å². The predicted molar refractivity (Wildman–Crippen MR) is 114 cm³/mol. The summed E-state index contributed by atoms with van der Waals surface area (Å²) in [6.07, 6.45) is -4.55. The van der Waals surface area contributed by atoms with Crippen molar-refractivity contribution < 1.29 is 17.6 Å². The van der Waals surface area contributed by atoms with E-state index in [0.717, 1.165) is 16.8 Å². The zero-order valence-electron chi connectivity index (χ0n) is 16.0. The average molecular weight is 418 g/mol. The van der Waals surface area contributed by atoms with E-state index in [1.807, 2.05) is 30.3 Å². The Morgan fingerprint density at radius 2 is 1.13 bits per heavy atom. The van der Waals surface area contributed by atoms with Gasteiger partial charge in [-0.1, -0.05) is 60.7 Å². The second kappa shape index (κ2) is 7.16. The lowest BCUT2D eigenvalue weighted by Gasteiger charge is -2.11. The zero-order valence-corrected chi connectivity index (χ0v) is 16.0. The van der Waals surface area contributed by atoms with Crippen molar-refractivity contribution in [3.05, 3.63) is 107 Å². The third-order valence-electron chi connectivity index (χ3n) is 5.17. The number of hydrogen-bond acceptors (Lipinski definition) is 2. The highest BCUT2D eigenvalue weighted by Crippen LogP contribution is 2.39. The van der Waals surface area contributed by atoms with Crippen LogP contribution in [0.2, 0.25) is 0 Å². The number of aliphatic imine (C=N–C) groups is 2. The Labute approximate surface area is 175 Å². The van der Waals surface area contributed by atoms with Gasteiger partial charge < -0.3 is 0 Å². The molecule has 0 saturated heterocycles. The fraction of sp³-hybridized carbons (Fsp3) is 0.0400. The van der Waals surface area contributed by atoms with Crippen molar-refractivity contribution in [2.24, 2.45) is 9.98 Å². The lowest BCUT2D eigenvalue weighted by Crippen LogP contribution is -2.11. The highest BCUT2D eigenvalue weighted by Gasteiger charge is 2.34. The zero-order chi connectivity index (χ0) is 21.6. The van der Waals surface area contributed by atoms with E-state index in [4.69, 9.17) is 0 Å². The Morgan fingerprint density at radius 3 is 1.74 bits per heavy atom. The van der Waals surface area contributed by atoms with Crippen molar-refractivity contribution in [3.63, 3.8) is 0 Å². The van der Waals surface area contributed by atoms with Crippen molar-refractivity contribution in [2.45, 2.75) is 6.18 Å². The number of hydrogen-bond donors (Lipinski definition) is 0. The van der Waals surface area contributed by atoms with E-state index >= 15 is 0 Å². The Balaban J connectivity index is 1.81. The van der Waals surface area contributed by atoms with Crippen LogP contribution in [0.25, 0.3) is 10.8 Å². The smallest absolute Gasteiger partial charge is 0.245 e. The Kier molecular flexibility index (Phi) is 4.43. The molecule has 0 saturated carbocycles. The number of nitrogens with zero attached hydrogens (tertiary/aromatic N) is 2. The topological polar surface area (TPSA) is 24.7 Å². The summed E-state index contributed by atoms with van der Waals surface area (Å²) < 4.78 is 55.0. The molecule has 0 atom stereocenters. The second-order valence-electron chi connectivity index (χ2n) is 7.10. The minimum atomic E-state index is -4.55. The summed E-state index contributed by atoms with van der Waals surface area (Å²) in [7, 11) is 0. The van der Waals surface area contributed by atoms with Gasteiger partial charge >= 0.3 is 6.18 Å². The average Bonchev–Trinajstić information content (AvgIpc) is 3.04. The molecule has 152 valence electrons. The number of para-hydroxylation sites is 2. The van der Waals surface area contributed by atoms with E-state index in [0.29, 0.717) is 16.8 Å². The summed E-state index contributed by atoms with van der Waals surface area (Å²) >= 11 is 0. The molecular formula is C25H14F4N2. The molecule has 31 heavy (non-hydrogen) atoms. The van der Waals surface area contributed by atoms with Crippen LogP contribution in [-0.4, -0.2) is 11.4 Å². The normalized spacial score (nSPS) is 15.9. The van der Waals surface area contributed by atoms with Gasteiger partial charge in [-0.15, -0.1) is 0 Å². The number of rotatable bonds is 2. The van der Waals surface area contributed by atoms with E-state index in [-0.39, 0.29) is 17.1 Å². The first-order valence-electron chi connectivity index (χ1n) is 9.54. The first-order valence-corrected chi connectivity index (χ1v) is 9.54. The third kappa shape index (κ3) is 3.30. The highest BCUT2D eigenvalue weighted by molar-refractivity contribution is 6.61. The summed E-state index contributed by atoms with van der Waals surface area (Å²) in [5, 5.41) is 1.74. The molecule has 1 aliphatic rings. The van der Waals surface area contributed by atoms with Gasteiger partial charge in [0.2, 0.25) is 0 Å². The maximum absolute atomic E-state index is 14.3. The van der Waals surface area contributed by atoms with Crippen LogP contribution in [0.1, 0.15) is 16.7 Å².